The maximum atomic E-state index is 12.2. The molecule has 5 heteroatoms. The van der Waals surface area contributed by atoms with Crippen molar-refractivity contribution in [2.75, 3.05) is 6.61 Å². The van der Waals surface area contributed by atoms with Gasteiger partial charge < -0.3 is 20.6 Å². The van der Waals surface area contributed by atoms with Crippen molar-refractivity contribution >= 4 is 5.91 Å². The molecule has 0 aromatic carbocycles. The third-order valence-electron chi connectivity index (χ3n) is 7.15. The molecule has 3 atom stereocenters. The fraction of sp³-hybridized carbons (Fsp3) is 0.794. The van der Waals surface area contributed by atoms with Crippen molar-refractivity contribution in [3.8, 4) is 0 Å². The largest absolute Gasteiger partial charge is 0.394 e. The Morgan fingerprint density at radius 2 is 1.13 bits per heavy atom. The summed E-state index contributed by atoms with van der Waals surface area (Å²) in [7, 11) is 0. The summed E-state index contributed by atoms with van der Waals surface area (Å²) in [4.78, 5) is 12.2. The van der Waals surface area contributed by atoms with E-state index in [1.165, 1.54) is 77.0 Å². The number of aliphatic hydroxyl groups excluding tert-OH is 3. The zero-order valence-electron chi connectivity index (χ0n) is 25.5. The predicted octanol–water partition coefficient (Wildman–Crippen LogP) is 8.09. The van der Waals surface area contributed by atoms with Gasteiger partial charge in [-0.2, -0.15) is 0 Å². The van der Waals surface area contributed by atoms with Gasteiger partial charge in [0.15, 0.2) is 0 Å². The minimum absolute atomic E-state index is 0.0108. The first kappa shape index (κ1) is 37.6. The first-order valence-corrected chi connectivity index (χ1v) is 16.3. The summed E-state index contributed by atoms with van der Waals surface area (Å²) in [6.45, 7) is 4.10. The average Bonchev–Trinajstić information content (AvgIpc) is 2.92. The highest BCUT2D eigenvalue weighted by Crippen LogP contribution is 2.12. The van der Waals surface area contributed by atoms with E-state index in [1.54, 1.807) is 6.08 Å². The van der Waals surface area contributed by atoms with Crippen molar-refractivity contribution in [2.45, 2.75) is 167 Å². The third kappa shape index (κ3) is 26.6. The molecular weight excluding hydrogens is 486 g/mol. The van der Waals surface area contributed by atoms with Crippen molar-refractivity contribution in [3.05, 3.63) is 36.5 Å². The topological polar surface area (TPSA) is 89.8 Å². The van der Waals surface area contributed by atoms with E-state index in [4.69, 9.17) is 0 Å². The second-order valence-electron chi connectivity index (χ2n) is 11.1. The lowest BCUT2D eigenvalue weighted by Crippen LogP contribution is -2.45. The maximum absolute atomic E-state index is 12.2. The van der Waals surface area contributed by atoms with Crippen molar-refractivity contribution < 1.29 is 20.1 Å². The fourth-order valence-corrected chi connectivity index (χ4v) is 4.57. The second kappa shape index (κ2) is 29.6. The van der Waals surface area contributed by atoms with Crippen LogP contribution in [0.4, 0.5) is 0 Å². The molecule has 5 nitrogen and oxygen atoms in total. The van der Waals surface area contributed by atoms with Crippen LogP contribution in [0.3, 0.4) is 0 Å². The van der Waals surface area contributed by atoms with Crippen LogP contribution in [0.2, 0.25) is 0 Å². The maximum Gasteiger partial charge on any atom is 0.222 e. The van der Waals surface area contributed by atoms with E-state index in [0.29, 0.717) is 6.42 Å². The van der Waals surface area contributed by atoms with Crippen LogP contribution in [-0.4, -0.2) is 46.1 Å². The Morgan fingerprint density at radius 1 is 0.641 bits per heavy atom. The van der Waals surface area contributed by atoms with Gasteiger partial charge in [-0.1, -0.05) is 127 Å². The molecule has 0 aliphatic heterocycles. The number of hydrogen-bond donors (Lipinski definition) is 4. The van der Waals surface area contributed by atoms with E-state index in [9.17, 15) is 20.1 Å². The predicted molar refractivity (Wildman–Crippen MR) is 167 cm³/mol. The number of unbranched alkanes of at least 4 members (excludes halogenated alkanes) is 15. The average molecular weight is 550 g/mol. The van der Waals surface area contributed by atoms with Gasteiger partial charge in [0.05, 0.1) is 31.3 Å². The SMILES string of the molecule is CCCC/C=C\CCCCC(O)CC(=O)NC(CO)C(O)/C=C/CC/C=C/CCCCCCCCCCCC. The van der Waals surface area contributed by atoms with Crippen molar-refractivity contribution in [3.63, 3.8) is 0 Å². The smallest absolute Gasteiger partial charge is 0.222 e. The van der Waals surface area contributed by atoms with Crippen molar-refractivity contribution in [1.82, 2.24) is 5.32 Å². The van der Waals surface area contributed by atoms with E-state index >= 15 is 0 Å². The standard InChI is InChI=1S/C34H63NO4/c1-3-5-7-9-11-13-14-15-16-17-18-19-20-22-24-26-28-33(38)32(30-36)35-34(39)29-31(37)27-25-23-21-12-10-8-6-4-2/h10,12,19-20,26,28,31-33,36-38H,3-9,11,13-18,21-25,27,29-30H2,1-2H3,(H,35,39)/b12-10-,20-19+,28-26+. The zero-order valence-corrected chi connectivity index (χ0v) is 25.5. The lowest BCUT2D eigenvalue weighted by Gasteiger charge is -2.20. The van der Waals surface area contributed by atoms with Crippen LogP contribution < -0.4 is 5.32 Å². The third-order valence-corrected chi connectivity index (χ3v) is 7.15. The molecule has 4 N–H and O–H groups in total. The molecular formula is C34H63NO4. The van der Waals surface area contributed by atoms with Crippen LogP contribution in [0, 0.1) is 0 Å². The molecule has 0 aliphatic rings. The molecule has 0 bridgehead atoms. The first-order chi connectivity index (χ1) is 19.0. The van der Waals surface area contributed by atoms with E-state index in [0.717, 1.165) is 44.9 Å². The molecule has 0 aliphatic carbocycles. The highest BCUT2D eigenvalue weighted by atomic mass is 16.3. The lowest BCUT2D eigenvalue weighted by atomic mass is 10.1. The minimum Gasteiger partial charge on any atom is -0.394 e. The van der Waals surface area contributed by atoms with Gasteiger partial charge in [0.1, 0.15) is 0 Å². The van der Waals surface area contributed by atoms with Gasteiger partial charge in [0.25, 0.3) is 0 Å². The number of allylic oxidation sites excluding steroid dienone is 5. The van der Waals surface area contributed by atoms with Gasteiger partial charge in [-0.15, -0.1) is 0 Å². The van der Waals surface area contributed by atoms with Gasteiger partial charge in [-0.25, -0.2) is 0 Å². The van der Waals surface area contributed by atoms with Gasteiger partial charge >= 0.3 is 0 Å². The number of aliphatic hydroxyl groups is 3. The van der Waals surface area contributed by atoms with E-state index < -0.39 is 18.2 Å². The van der Waals surface area contributed by atoms with E-state index in [2.05, 4.69) is 43.5 Å². The van der Waals surface area contributed by atoms with Gasteiger partial charge in [0, 0.05) is 0 Å². The van der Waals surface area contributed by atoms with Gasteiger partial charge in [-0.3, -0.25) is 4.79 Å². The molecule has 0 heterocycles. The number of nitrogens with one attached hydrogen (secondary N) is 1. The van der Waals surface area contributed by atoms with Crippen LogP contribution in [-0.2, 0) is 4.79 Å². The Hall–Kier alpha value is -1.43. The van der Waals surface area contributed by atoms with Crippen molar-refractivity contribution in [1.29, 1.82) is 0 Å². The van der Waals surface area contributed by atoms with Gasteiger partial charge in [0.2, 0.25) is 5.91 Å². The normalized spacial score (nSPS) is 14.5. The number of rotatable bonds is 28. The van der Waals surface area contributed by atoms with Gasteiger partial charge in [-0.05, 0) is 51.4 Å². The monoisotopic (exact) mass is 549 g/mol. The molecule has 0 spiro atoms. The molecule has 0 rings (SSSR count). The molecule has 39 heavy (non-hydrogen) atoms. The lowest BCUT2D eigenvalue weighted by molar-refractivity contribution is -0.124. The molecule has 0 radical (unpaired) electrons. The Balaban J connectivity index is 3.86. The first-order valence-electron chi connectivity index (χ1n) is 16.3. The van der Waals surface area contributed by atoms with E-state index in [-0.39, 0.29) is 18.9 Å². The number of amides is 1. The Kier molecular flexibility index (Phi) is 28.5. The molecule has 1 amide bonds. The van der Waals surface area contributed by atoms with Crippen LogP contribution in [0.15, 0.2) is 36.5 Å². The van der Waals surface area contributed by atoms with Crippen LogP contribution >= 0.6 is 0 Å². The Bertz CT molecular complexity index is 616. The molecule has 0 aromatic rings. The summed E-state index contributed by atoms with van der Waals surface area (Å²) in [6.07, 6.45) is 34.2. The fourth-order valence-electron chi connectivity index (χ4n) is 4.57. The number of carbonyl (C=O) groups excluding carboxylic acids is 1. The zero-order chi connectivity index (χ0) is 28.8. The summed E-state index contributed by atoms with van der Waals surface area (Å²) in [5.41, 5.74) is 0. The molecule has 0 saturated carbocycles. The molecule has 0 aromatic heterocycles. The highest BCUT2D eigenvalue weighted by molar-refractivity contribution is 5.76. The van der Waals surface area contributed by atoms with Crippen LogP contribution in [0.1, 0.15) is 149 Å². The molecule has 3 unspecified atom stereocenters. The van der Waals surface area contributed by atoms with Crippen LogP contribution in [0.25, 0.3) is 0 Å². The number of carbonyl (C=O) groups is 1. The molecule has 228 valence electrons. The molecule has 0 fully saturated rings. The quantitative estimate of drug-likeness (QED) is 0.0586. The van der Waals surface area contributed by atoms with Crippen molar-refractivity contribution in [2.24, 2.45) is 0 Å². The summed E-state index contributed by atoms with van der Waals surface area (Å²) in [5, 5.41) is 32.7. The highest BCUT2D eigenvalue weighted by Gasteiger charge is 2.19. The summed E-state index contributed by atoms with van der Waals surface area (Å²) in [5.74, 6) is -0.344. The number of hydrogen-bond acceptors (Lipinski definition) is 4. The second-order valence-corrected chi connectivity index (χ2v) is 11.1. The summed E-state index contributed by atoms with van der Waals surface area (Å²) in [6, 6.07) is -0.763. The summed E-state index contributed by atoms with van der Waals surface area (Å²) < 4.78 is 0. The van der Waals surface area contributed by atoms with E-state index in [1.807, 2.05) is 6.08 Å². The molecule has 0 saturated heterocycles. The van der Waals surface area contributed by atoms with Crippen LogP contribution in [0.5, 0.6) is 0 Å². The Labute approximate surface area is 241 Å². The minimum atomic E-state index is -0.953. The summed E-state index contributed by atoms with van der Waals surface area (Å²) >= 11 is 0. The Morgan fingerprint density at radius 3 is 1.72 bits per heavy atom.